The molecule has 170 valence electrons. The van der Waals surface area contributed by atoms with Gasteiger partial charge in [0.25, 0.3) is 0 Å². The lowest BCUT2D eigenvalue weighted by molar-refractivity contribution is -0.159. The lowest BCUT2D eigenvalue weighted by Gasteiger charge is -2.21. The first kappa shape index (κ1) is 21.9. The summed E-state index contributed by atoms with van der Waals surface area (Å²) >= 11 is 0. The minimum absolute atomic E-state index is 0.0688. The molecule has 5 heteroatoms. The van der Waals surface area contributed by atoms with Crippen molar-refractivity contribution in [2.45, 2.75) is 18.4 Å². The fourth-order valence-electron chi connectivity index (χ4n) is 4.91. The highest BCUT2D eigenvalue weighted by atomic mass is 16.5. The number of rotatable bonds is 7. The fourth-order valence-corrected chi connectivity index (χ4v) is 4.91. The molecule has 0 saturated heterocycles. The minimum Gasteiger partial charge on any atom is -0.481 e. The fraction of sp³-hybridized carbons (Fsp3) is 0.172. The molecule has 0 aliphatic heterocycles. The smallest absolute Gasteiger partial charge is 0.321 e. The van der Waals surface area contributed by atoms with Gasteiger partial charge >= 0.3 is 11.9 Å². The Kier molecular flexibility index (Phi) is 5.86. The highest BCUT2D eigenvalue weighted by molar-refractivity contribution is 5.95. The predicted octanol–water partition coefficient (Wildman–Crippen LogP) is 4.77. The number of carboxylic acids is 1. The van der Waals surface area contributed by atoms with Gasteiger partial charge in [-0.25, -0.2) is 0 Å². The van der Waals surface area contributed by atoms with Crippen molar-refractivity contribution < 1.29 is 19.4 Å². The van der Waals surface area contributed by atoms with Crippen molar-refractivity contribution >= 4 is 22.7 Å². The Labute approximate surface area is 197 Å². The van der Waals surface area contributed by atoms with Crippen LogP contribution >= 0.6 is 0 Å². The van der Waals surface area contributed by atoms with Crippen LogP contribution < -0.4 is 5.73 Å². The number of carbonyl (C=O) groups is 2. The highest BCUT2D eigenvalue weighted by Gasteiger charge is 2.36. The van der Waals surface area contributed by atoms with Gasteiger partial charge in [-0.1, -0.05) is 91.0 Å². The Morgan fingerprint density at radius 2 is 1.41 bits per heavy atom. The highest BCUT2D eigenvalue weighted by Crippen LogP contribution is 2.44. The van der Waals surface area contributed by atoms with E-state index >= 15 is 0 Å². The molecule has 5 rings (SSSR count). The number of benzene rings is 4. The summed E-state index contributed by atoms with van der Waals surface area (Å²) < 4.78 is 5.59. The van der Waals surface area contributed by atoms with Crippen molar-refractivity contribution in [2.24, 2.45) is 11.7 Å². The number of hydrogen-bond donors (Lipinski definition) is 2. The molecule has 1 aliphatic carbocycles. The third-order valence-electron chi connectivity index (χ3n) is 6.59. The predicted molar refractivity (Wildman–Crippen MR) is 131 cm³/mol. The minimum atomic E-state index is -1.45. The second-order valence-electron chi connectivity index (χ2n) is 8.72. The van der Waals surface area contributed by atoms with E-state index in [0.717, 1.165) is 38.6 Å². The van der Waals surface area contributed by atoms with Gasteiger partial charge in [0.2, 0.25) is 0 Å². The largest absolute Gasteiger partial charge is 0.481 e. The Morgan fingerprint density at radius 1 is 0.824 bits per heavy atom. The molecule has 0 fully saturated rings. The molecule has 34 heavy (non-hydrogen) atoms. The van der Waals surface area contributed by atoms with Crippen LogP contribution in [-0.4, -0.2) is 29.7 Å². The van der Waals surface area contributed by atoms with Crippen LogP contribution in [0.25, 0.3) is 21.9 Å². The molecule has 0 unspecified atom stereocenters. The van der Waals surface area contributed by atoms with Gasteiger partial charge in [0.15, 0.2) is 5.92 Å². The van der Waals surface area contributed by atoms with Gasteiger partial charge in [-0.05, 0) is 45.0 Å². The molecule has 0 spiro atoms. The number of hydrogen-bond acceptors (Lipinski definition) is 4. The lowest BCUT2D eigenvalue weighted by atomic mass is 9.93. The van der Waals surface area contributed by atoms with Crippen LogP contribution in [0, 0.1) is 5.92 Å². The van der Waals surface area contributed by atoms with E-state index in [1.807, 2.05) is 78.9 Å². The number of ether oxygens (including phenoxy) is 1. The SMILES string of the molecule is N[C@@H](Cc1ccc2ccccc2c1)[C@@H](C(=O)O)C(=O)OCC1c2ccccc2-c2ccccc21. The summed E-state index contributed by atoms with van der Waals surface area (Å²) in [5, 5.41) is 11.9. The first-order valence-corrected chi connectivity index (χ1v) is 11.3. The Bertz CT molecular complexity index is 1330. The van der Waals surface area contributed by atoms with Gasteiger partial charge < -0.3 is 15.6 Å². The van der Waals surface area contributed by atoms with E-state index in [9.17, 15) is 14.7 Å². The molecule has 2 atom stereocenters. The molecule has 1 aliphatic rings. The van der Waals surface area contributed by atoms with Crippen LogP contribution in [0.5, 0.6) is 0 Å². The van der Waals surface area contributed by atoms with Crippen LogP contribution in [0.15, 0.2) is 91.0 Å². The second-order valence-corrected chi connectivity index (χ2v) is 8.72. The van der Waals surface area contributed by atoms with Crippen LogP contribution in [0.1, 0.15) is 22.6 Å². The Morgan fingerprint density at radius 3 is 2.06 bits per heavy atom. The lowest BCUT2D eigenvalue weighted by Crippen LogP contribution is -2.43. The second kappa shape index (κ2) is 9.12. The van der Waals surface area contributed by atoms with Gasteiger partial charge in [0.05, 0.1) is 0 Å². The number of carboxylic acid groups (broad SMARTS) is 1. The van der Waals surface area contributed by atoms with E-state index in [0.29, 0.717) is 0 Å². The number of aliphatic carboxylic acids is 1. The number of carbonyl (C=O) groups excluding carboxylic acids is 1. The maximum absolute atomic E-state index is 12.9. The van der Waals surface area contributed by atoms with E-state index in [1.54, 1.807) is 0 Å². The van der Waals surface area contributed by atoms with Gasteiger partial charge in [0.1, 0.15) is 6.61 Å². The molecule has 0 amide bonds. The monoisotopic (exact) mass is 451 g/mol. The van der Waals surface area contributed by atoms with Gasteiger partial charge in [-0.15, -0.1) is 0 Å². The summed E-state index contributed by atoms with van der Waals surface area (Å²) in [6.45, 7) is 0.0688. The first-order valence-electron chi connectivity index (χ1n) is 11.3. The molecule has 0 bridgehead atoms. The molecule has 0 radical (unpaired) electrons. The van der Waals surface area contributed by atoms with E-state index in [2.05, 4.69) is 12.1 Å². The van der Waals surface area contributed by atoms with Gasteiger partial charge in [-0.2, -0.15) is 0 Å². The number of nitrogens with two attached hydrogens (primary N) is 1. The third-order valence-corrected chi connectivity index (χ3v) is 6.59. The molecular formula is C29H25NO4. The molecule has 0 saturated carbocycles. The van der Waals surface area contributed by atoms with Crippen molar-refractivity contribution in [1.29, 1.82) is 0 Å². The maximum atomic E-state index is 12.9. The summed E-state index contributed by atoms with van der Waals surface area (Å²) in [6, 6.07) is 28.9. The molecule has 3 N–H and O–H groups in total. The van der Waals surface area contributed by atoms with E-state index in [1.165, 1.54) is 0 Å². The van der Waals surface area contributed by atoms with Gasteiger partial charge in [0, 0.05) is 12.0 Å². The summed E-state index contributed by atoms with van der Waals surface area (Å²) in [7, 11) is 0. The van der Waals surface area contributed by atoms with Gasteiger partial charge in [-0.3, -0.25) is 9.59 Å². The summed E-state index contributed by atoms with van der Waals surface area (Å²) in [5.74, 6) is -3.66. The Hall–Kier alpha value is -3.96. The molecule has 0 heterocycles. The molecule has 0 aromatic heterocycles. The topological polar surface area (TPSA) is 89.6 Å². The molecule has 4 aromatic carbocycles. The third kappa shape index (κ3) is 4.06. The zero-order valence-corrected chi connectivity index (χ0v) is 18.6. The molecule has 5 nitrogen and oxygen atoms in total. The zero-order chi connectivity index (χ0) is 23.7. The van der Waals surface area contributed by atoms with E-state index in [4.69, 9.17) is 10.5 Å². The van der Waals surface area contributed by atoms with E-state index in [-0.39, 0.29) is 18.9 Å². The quantitative estimate of drug-likeness (QED) is 0.312. The summed E-state index contributed by atoms with van der Waals surface area (Å²) in [5.41, 5.74) is 11.5. The van der Waals surface area contributed by atoms with Crippen molar-refractivity contribution in [3.8, 4) is 11.1 Å². The van der Waals surface area contributed by atoms with Crippen molar-refractivity contribution in [3.05, 3.63) is 108 Å². The van der Waals surface area contributed by atoms with Crippen LogP contribution in [0.2, 0.25) is 0 Å². The molecular weight excluding hydrogens is 426 g/mol. The zero-order valence-electron chi connectivity index (χ0n) is 18.6. The standard InChI is InChI=1S/C29H25NO4/c30-26(16-18-13-14-19-7-1-2-8-20(19)15-18)27(28(31)32)29(33)34-17-25-23-11-5-3-9-21(23)22-10-4-6-12-24(22)25/h1-15,25-27H,16-17,30H2,(H,31,32)/t26-,27-/m0/s1. The number of esters is 1. The Balaban J connectivity index is 1.31. The van der Waals surface area contributed by atoms with Crippen molar-refractivity contribution in [3.63, 3.8) is 0 Å². The van der Waals surface area contributed by atoms with Crippen molar-refractivity contribution in [2.75, 3.05) is 6.61 Å². The van der Waals surface area contributed by atoms with Crippen molar-refractivity contribution in [1.82, 2.24) is 0 Å². The maximum Gasteiger partial charge on any atom is 0.321 e. The average Bonchev–Trinajstić information content (AvgIpc) is 3.16. The summed E-state index contributed by atoms with van der Waals surface area (Å²) in [6.07, 6.45) is 0.256. The van der Waals surface area contributed by atoms with Crippen LogP contribution in [-0.2, 0) is 20.7 Å². The normalized spacial score (nSPS) is 14.3. The average molecular weight is 452 g/mol. The molecule has 4 aromatic rings. The van der Waals surface area contributed by atoms with Crippen LogP contribution in [0.4, 0.5) is 0 Å². The van der Waals surface area contributed by atoms with Crippen LogP contribution in [0.3, 0.4) is 0 Å². The first-order chi connectivity index (χ1) is 16.5. The van der Waals surface area contributed by atoms with E-state index < -0.39 is 23.9 Å². The number of fused-ring (bicyclic) bond motifs is 4. The summed E-state index contributed by atoms with van der Waals surface area (Å²) in [4.78, 5) is 24.9.